The van der Waals surface area contributed by atoms with E-state index in [9.17, 15) is 4.79 Å². The molecule has 2 heterocycles. The number of hydrogen-bond acceptors (Lipinski definition) is 5. The molecule has 1 saturated carbocycles. The van der Waals surface area contributed by atoms with Crippen LogP contribution in [0.4, 0.5) is 0 Å². The van der Waals surface area contributed by atoms with Gasteiger partial charge in [0.15, 0.2) is 0 Å². The first kappa shape index (κ1) is 15.6. The van der Waals surface area contributed by atoms with Crippen LogP contribution in [0.1, 0.15) is 34.7 Å². The van der Waals surface area contributed by atoms with Gasteiger partial charge < -0.3 is 9.64 Å². The number of methoxy groups -OCH3 is 1. The molecule has 0 N–H and O–H groups in total. The largest absolute Gasteiger partial charge is 0.497 e. The topological polar surface area (TPSA) is 72.6 Å². The first-order valence-corrected chi connectivity index (χ1v) is 8.28. The standard InChI is InChI=1S/C18H19N5O2/c1-12-9-10-19-18-20-16(21-23(12)18)17(24)22(14-5-6-14)11-13-3-7-15(25-2)8-4-13/h3-4,7-10,14H,5-6,11H2,1-2H3. The van der Waals surface area contributed by atoms with Crippen LogP contribution in [-0.4, -0.2) is 43.5 Å². The average Bonchev–Trinajstić information content (AvgIpc) is 3.37. The summed E-state index contributed by atoms with van der Waals surface area (Å²) in [5, 5.41) is 4.34. The minimum Gasteiger partial charge on any atom is -0.497 e. The molecule has 128 valence electrons. The maximum atomic E-state index is 13.0. The SMILES string of the molecule is COc1ccc(CN(C(=O)c2nc3nccc(C)n3n2)C2CC2)cc1. The molecular formula is C18H19N5O2. The molecular weight excluding hydrogens is 318 g/mol. The first-order valence-electron chi connectivity index (χ1n) is 8.28. The molecule has 0 aliphatic heterocycles. The van der Waals surface area contributed by atoms with Gasteiger partial charge in [0.05, 0.1) is 7.11 Å². The summed E-state index contributed by atoms with van der Waals surface area (Å²) >= 11 is 0. The second-order valence-electron chi connectivity index (χ2n) is 6.25. The third-order valence-corrected chi connectivity index (χ3v) is 4.38. The molecule has 1 aliphatic carbocycles. The Morgan fingerprint density at radius 1 is 1.28 bits per heavy atom. The summed E-state index contributed by atoms with van der Waals surface area (Å²) < 4.78 is 6.79. The predicted octanol–water partition coefficient (Wildman–Crippen LogP) is 2.25. The number of amides is 1. The van der Waals surface area contributed by atoms with E-state index in [0.717, 1.165) is 29.8 Å². The van der Waals surface area contributed by atoms with Crippen molar-refractivity contribution in [3.8, 4) is 5.75 Å². The Hall–Kier alpha value is -2.96. The fourth-order valence-electron chi connectivity index (χ4n) is 2.81. The van der Waals surface area contributed by atoms with Gasteiger partial charge in [-0.3, -0.25) is 4.79 Å². The van der Waals surface area contributed by atoms with E-state index < -0.39 is 0 Å². The molecule has 7 heteroatoms. The van der Waals surface area contributed by atoms with E-state index in [1.807, 2.05) is 42.2 Å². The molecule has 1 aromatic carbocycles. The molecule has 0 unspecified atom stereocenters. The number of ether oxygens (including phenoxy) is 1. The number of benzene rings is 1. The molecule has 0 saturated heterocycles. The van der Waals surface area contributed by atoms with Gasteiger partial charge >= 0.3 is 0 Å². The van der Waals surface area contributed by atoms with E-state index in [-0.39, 0.29) is 17.8 Å². The molecule has 1 aliphatic rings. The molecule has 0 radical (unpaired) electrons. The van der Waals surface area contributed by atoms with Crippen LogP contribution in [0.25, 0.3) is 5.78 Å². The number of carbonyl (C=O) groups is 1. The lowest BCUT2D eigenvalue weighted by atomic mass is 10.2. The van der Waals surface area contributed by atoms with E-state index in [4.69, 9.17) is 4.74 Å². The highest BCUT2D eigenvalue weighted by Crippen LogP contribution is 2.29. The molecule has 1 amide bonds. The van der Waals surface area contributed by atoms with E-state index in [0.29, 0.717) is 12.3 Å². The second-order valence-corrected chi connectivity index (χ2v) is 6.25. The first-order chi connectivity index (χ1) is 12.2. The second kappa shape index (κ2) is 6.16. The third kappa shape index (κ3) is 3.05. The lowest BCUT2D eigenvalue weighted by molar-refractivity contribution is 0.0717. The molecule has 0 bridgehead atoms. The summed E-state index contributed by atoms with van der Waals surface area (Å²) in [6, 6.07) is 9.86. The molecule has 3 aromatic rings. The fourth-order valence-corrected chi connectivity index (χ4v) is 2.81. The van der Waals surface area contributed by atoms with Crippen LogP contribution < -0.4 is 4.74 Å². The van der Waals surface area contributed by atoms with Crippen LogP contribution in [0.2, 0.25) is 0 Å². The number of carbonyl (C=O) groups excluding carboxylic acids is 1. The van der Waals surface area contributed by atoms with Crippen molar-refractivity contribution >= 4 is 11.7 Å². The van der Waals surface area contributed by atoms with Gasteiger partial charge in [0.25, 0.3) is 11.7 Å². The van der Waals surface area contributed by atoms with Crippen molar-refractivity contribution in [3.63, 3.8) is 0 Å². The van der Waals surface area contributed by atoms with Gasteiger partial charge in [-0.2, -0.15) is 4.98 Å². The maximum absolute atomic E-state index is 13.0. The van der Waals surface area contributed by atoms with E-state index in [2.05, 4.69) is 15.1 Å². The Morgan fingerprint density at radius 3 is 2.68 bits per heavy atom. The third-order valence-electron chi connectivity index (χ3n) is 4.38. The normalized spacial score (nSPS) is 13.8. The molecule has 25 heavy (non-hydrogen) atoms. The summed E-state index contributed by atoms with van der Waals surface area (Å²) in [5.74, 6) is 1.30. The van der Waals surface area contributed by atoms with Crippen molar-refractivity contribution in [2.45, 2.75) is 32.4 Å². The lowest BCUT2D eigenvalue weighted by Crippen LogP contribution is -2.33. The number of aryl methyl sites for hydroxylation is 1. The maximum Gasteiger partial charge on any atom is 0.294 e. The zero-order chi connectivity index (χ0) is 17.4. The quantitative estimate of drug-likeness (QED) is 0.714. The number of aromatic nitrogens is 4. The van der Waals surface area contributed by atoms with Crippen molar-refractivity contribution in [1.29, 1.82) is 0 Å². The number of rotatable bonds is 5. The number of fused-ring (bicyclic) bond motifs is 1. The minimum absolute atomic E-state index is 0.150. The summed E-state index contributed by atoms with van der Waals surface area (Å²) in [7, 11) is 1.64. The predicted molar refractivity (Wildman–Crippen MR) is 91.4 cm³/mol. The lowest BCUT2D eigenvalue weighted by Gasteiger charge is -2.21. The fraction of sp³-hybridized carbons (Fsp3) is 0.333. The van der Waals surface area contributed by atoms with E-state index >= 15 is 0 Å². The highest BCUT2D eigenvalue weighted by Gasteiger charge is 2.34. The highest BCUT2D eigenvalue weighted by atomic mass is 16.5. The summed E-state index contributed by atoms with van der Waals surface area (Å²) in [6.45, 7) is 2.45. The molecule has 7 nitrogen and oxygen atoms in total. The van der Waals surface area contributed by atoms with Crippen LogP contribution in [0.5, 0.6) is 5.75 Å². The Bertz CT molecular complexity index is 915. The Kier molecular flexibility index (Phi) is 3.83. The van der Waals surface area contributed by atoms with Crippen LogP contribution >= 0.6 is 0 Å². The summed E-state index contributed by atoms with van der Waals surface area (Å²) in [6.07, 6.45) is 3.71. The summed E-state index contributed by atoms with van der Waals surface area (Å²) in [4.78, 5) is 23.3. The summed E-state index contributed by atoms with van der Waals surface area (Å²) in [5.41, 5.74) is 1.95. The molecule has 0 atom stereocenters. The van der Waals surface area contributed by atoms with Gasteiger partial charge in [-0.05, 0) is 43.5 Å². The number of nitrogens with zero attached hydrogens (tertiary/aromatic N) is 5. The van der Waals surface area contributed by atoms with Crippen LogP contribution in [-0.2, 0) is 6.54 Å². The Labute approximate surface area is 145 Å². The van der Waals surface area contributed by atoms with Gasteiger partial charge in [0.2, 0.25) is 5.82 Å². The Balaban J connectivity index is 1.60. The zero-order valence-electron chi connectivity index (χ0n) is 14.2. The van der Waals surface area contributed by atoms with Crippen molar-refractivity contribution in [3.05, 3.63) is 53.6 Å². The molecule has 0 spiro atoms. The van der Waals surface area contributed by atoms with Gasteiger partial charge in [0.1, 0.15) is 5.75 Å². The monoisotopic (exact) mass is 337 g/mol. The van der Waals surface area contributed by atoms with E-state index in [1.54, 1.807) is 17.8 Å². The highest BCUT2D eigenvalue weighted by molar-refractivity contribution is 5.91. The van der Waals surface area contributed by atoms with Crippen LogP contribution in [0, 0.1) is 6.92 Å². The van der Waals surface area contributed by atoms with Gasteiger partial charge in [0, 0.05) is 24.5 Å². The van der Waals surface area contributed by atoms with Crippen molar-refractivity contribution in [1.82, 2.24) is 24.5 Å². The van der Waals surface area contributed by atoms with Crippen molar-refractivity contribution in [2.24, 2.45) is 0 Å². The smallest absolute Gasteiger partial charge is 0.294 e. The molecule has 1 fully saturated rings. The van der Waals surface area contributed by atoms with Gasteiger partial charge in [-0.25, -0.2) is 9.50 Å². The van der Waals surface area contributed by atoms with E-state index in [1.165, 1.54) is 0 Å². The molecule has 2 aromatic heterocycles. The molecule has 4 rings (SSSR count). The minimum atomic E-state index is -0.150. The van der Waals surface area contributed by atoms with Gasteiger partial charge in [-0.15, -0.1) is 5.10 Å². The van der Waals surface area contributed by atoms with Crippen molar-refractivity contribution < 1.29 is 9.53 Å². The average molecular weight is 337 g/mol. The van der Waals surface area contributed by atoms with Gasteiger partial charge in [-0.1, -0.05) is 12.1 Å². The number of hydrogen-bond donors (Lipinski definition) is 0. The zero-order valence-corrected chi connectivity index (χ0v) is 14.2. The Morgan fingerprint density at radius 2 is 2.04 bits per heavy atom. The van der Waals surface area contributed by atoms with Crippen LogP contribution in [0.15, 0.2) is 36.5 Å². The van der Waals surface area contributed by atoms with Crippen molar-refractivity contribution in [2.75, 3.05) is 7.11 Å². The van der Waals surface area contributed by atoms with Crippen LogP contribution in [0.3, 0.4) is 0 Å².